The van der Waals surface area contributed by atoms with E-state index < -0.39 is 6.23 Å². The van der Waals surface area contributed by atoms with Gasteiger partial charge in [-0.25, -0.2) is 0 Å². The second-order valence-electron chi connectivity index (χ2n) is 3.60. The number of hydrogen-bond donors (Lipinski definition) is 3. The predicted octanol–water partition coefficient (Wildman–Crippen LogP) is 1.38. The fourth-order valence-electron chi connectivity index (χ4n) is 1.48. The molecule has 0 aliphatic rings. The first-order valence-electron chi connectivity index (χ1n) is 5.13. The molecule has 80 valence electrons. The van der Waals surface area contributed by atoms with Crippen molar-refractivity contribution < 1.29 is 5.11 Å². The number of rotatable bonds is 4. The van der Waals surface area contributed by atoms with Crippen LogP contribution in [0.1, 0.15) is 18.9 Å². The van der Waals surface area contributed by atoms with Crippen molar-refractivity contribution in [1.29, 1.82) is 0 Å². The van der Waals surface area contributed by atoms with Crippen LogP contribution in [0.15, 0.2) is 24.4 Å². The minimum Gasteiger partial charge on any atom is -0.379 e. The largest absolute Gasteiger partial charge is 0.379 e. The Hall–Kier alpha value is -1.39. The molecular formula is C11H15N3O. The average Bonchev–Trinajstić information content (AvgIpc) is 2.72. The molecule has 1 heterocycles. The fraction of sp³-hybridized carbons (Fsp3) is 0.364. The molecular weight excluding hydrogens is 190 g/mol. The van der Waals surface area contributed by atoms with Crippen molar-refractivity contribution in [2.24, 2.45) is 0 Å². The number of aliphatic hydroxyl groups is 1. The third-order valence-corrected chi connectivity index (χ3v) is 2.43. The third kappa shape index (κ3) is 2.34. The number of aromatic amines is 1. The normalized spacial score (nSPS) is 13.2. The molecule has 0 bridgehead atoms. The Labute approximate surface area is 88.3 Å². The van der Waals surface area contributed by atoms with E-state index in [0.717, 1.165) is 16.5 Å². The zero-order valence-electron chi connectivity index (χ0n) is 8.70. The standard InChI is InChI=1S/C11H15N3O/c1-2-11(15)12-6-8-3-4-10-9(5-8)7-13-14-10/h3-5,7,11-12,15H,2,6H2,1H3,(H,13,14). The lowest BCUT2D eigenvalue weighted by Crippen LogP contribution is -2.27. The number of aliphatic hydroxyl groups excluding tert-OH is 1. The first kappa shape index (κ1) is 10.1. The van der Waals surface area contributed by atoms with E-state index in [1.165, 1.54) is 0 Å². The van der Waals surface area contributed by atoms with Crippen LogP contribution in [0.2, 0.25) is 0 Å². The molecule has 2 rings (SSSR count). The van der Waals surface area contributed by atoms with Gasteiger partial charge < -0.3 is 5.11 Å². The minimum absolute atomic E-state index is 0.426. The van der Waals surface area contributed by atoms with Gasteiger partial charge in [0.25, 0.3) is 0 Å². The Morgan fingerprint density at radius 3 is 3.20 bits per heavy atom. The number of fused-ring (bicyclic) bond motifs is 1. The average molecular weight is 205 g/mol. The second kappa shape index (κ2) is 4.42. The van der Waals surface area contributed by atoms with Crippen LogP contribution < -0.4 is 5.32 Å². The lowest BCUT2D eigenvalue weighted by atomic mass is 10.1. The van der Waals surface area contributed by atoms with Crippen LogP contribution in [0.25, 0.3) is 10.9 Å². The molecule has 0 amide bonds. The van der Waals surface area contributed by atoms with Crippen LogP contribution in [0.5, 0.6) is 0 Å². The van der Waals surface area contributed by atoms with Crippen molar-refractivity contribution in [2.75, 3.05) is 0 Å². The summed E-state index contributed by atoms with van der Waals surface area (Å²) in [6.07, 6.45) is 2.09. The van der Waals surface area contributed by atoms with Gasteiger partial charge in [0.2, 0.25) is 0 Å². The van der Waals surface area contributed by atoms with E-state index >= 15 is 0 Å². The molecule has 0 fully saturated rings. The van der Waals surface area contributed by atoms with Gasteiger partial charge in [0, 0.05) is 11.9 Å². The highest BCUT2D eigenvalue weighted by atomic mass is 16.3. The molecule has 0 radical (unpaired) electrons. The monoisotopic (exact) mass is 205 g/mol. The van der Waals surface area contributed by atoms with Crippen LogP contribution in [-0.2, 0) is 6.54 Å². The zero-order valence-corrected chi connectivity index (χ0v) is 8.70. The van der Waals surface area contributed by atoms with Crippen molar-refractivity contribution in [3.05, 3.63) is 30.0 Å². The topological polar surface area (TPSA) is 60.9 Å². The van der Waals surface area contributed by atoms with Crippen LogP contribution in [0.3, 0.4) is 0 Å². The van der Waals surface area contributed by atoms with E-state index in [-0.39, 0.29) is 0 Å². The Kier molecular flexibility index (Phi) is 2.99. The van der Waals surface area contributed by atoms with Gasteiger partial charge in [-0.3, -0.25) is 10.4 Å². The van der Waals surface area contributed by atoms with Crippen LogP contribution in [0, 0.1) is 0 Å². The molecule has 1 aromatic carbocycles. The van der Waals surface area contributed by atoms with Gasteiger partial charge in [0.15, 0.2) is 0 Å². The summed E-state index contributed by atoms with van der Waals surface area (Å²) in [7, 11) is 0. The van der Waals surface area contributed by atoms with E-state index in [2.05, 4.69) is 21.6 Å². The van der Waals surface area contributed by atoms with Gasteiger partial charge >= 0.3 is 0 Å². The molecule has 0 saturated heterocycles. The van der Waals surface area contributed by atoms with Crippen LogP contribution >= 0.6 is 0 Å². The fourth-order valence-corrected chi connectivity index (χ4v) is 1.48. The summed E-state index contributed by atoms with van der Waals surface area (Å²) in [6.45, 7) is 2.62. The maximum Gasteiger partial charge on any atom is 0.104 e. The Morgan fingerprint density at radius 2 is 2.40 bits per heavy atom. The highest BCUT2D eigenvalue weighted by Gasteiger charge is 2.01. The molecule has 4 heteroatoms. The second-order valence-corrected chi connectivity index (χ2v) is 3.60. The maximum atomic E-state index is 9.36. The van der Waals surface area contributed by atoms with Gasteiger partial charge in [0.05, 0.1) is 11.7 Å². The van der Waals surface area contributed by atoms with E-state index in [1.807, 2.05) is 19.1 Å². The Bertz CT molecular complexity index is 438. The SMILES string of the molecule is CCC(O)NCc1ccc2[nH]ncc2c1. The first-order chi connectivity index (χ1) is 7.29. The smallest absolute Gasteiger partial charge is 0.104 e. The van der Waals surface area contributed by atoms with E-state index in [9.17, 15) is 5.11 Å². The molecule has 1 unspecified atom stereocenters. The Balaban J connectivity index is 2.08. The van der Waals surface area contributed by atoms with Gasteiger partial charge in [-0.15, -0.1) is 0 Å². The number of benzene rings is 1. The van der Waals surface area contributed by atoms with Gasteiger partial charge in [0.1, 0.15) is 6.23 Å². The summed E-state index contributed by atoms with van der Waals surface area (Å²) in [5.74, 6) is 0. The minimum atomic E-state index is -0.426. The molecule has 1 atom stereocenters. The van der Waals surface area contributed by atoms with Crippen LogP contribution in [-0.4, -0.2) is 21.5 Å². The molecule has 4 nitrogen and oxygen atoms in total. The van der Waals surface area contributed by atoms with Gasteiger partial charge in [-0.05, 0) is 24.1 Å². The number of nitrogens with one attached hydrogen (secondary N) is 2. The molecule has 0 aliphatic heterocycles. The molecule has 3 N–H and O–H groups in total. The summed E-state index contributed by atoms with van der Waals surface area (Å²) in [5, 5.41) is 20.4. The molecule has 2 aromatic rings. The highest BCUT2D eigenvalue weighted by Crippen LogP contribution is 2.12. The highest BCUT2D eigenvalue weighted by molar-refractivity contribution is 5.78. The summed E-state index contributed by atoms with van der Waals surface area (Å²) in [6, 6.07) is 6.09. The number of nitrogens with zero attached hydrogens (tertiary/aromatic N) is 1. The molecule has 0 saturated carbocycles. The third-order valence-electron chi connectivity index (χ3n) is 2.43. The predicted molar refractivity (Wildman–Crippen MR) is 59.2 cm³/mol. The van der Waals surface area contributed by atoms with Gasteiger partial charge in [-0.1, -0.05) is 13.0 Å². The van der Waals surface area contributed by atoms with E-state index in [0.29, 0.717) is 13.0 Å². The summed E-state index contributed by atoms with van der Waals surface area (Å²) in [4.78, 5) is 0. The number of hydrogen-bond acceptors (Lipinski definition) is 3. The quantitative estimate of drug-likeness (QED) is 0.661. The van der Waals surface area contributed by atoms with Crippen molar-refractivity contribution in [3.8, 4) is 0 Å². The lowest BCUT2D eigenvalue weighted by molar-refractivity contribution is 0.131. The number of aromatic nitrogens is 2. The van der Waals surface area contributed by atoms with Crippen molar-refractivity contribution in [1.82, 2.24) is 15.5 Å². The summed E-state index contributed by atoms with van der Waals surface area (Å²) < 4.78 is 0. The van der Waals surface area contributed by atoms with E-state index in [4.69, 9.17) is 0 Å². The van der Waals surface area contributed by atoms with Crippen molar-refractivity contribution in [2.45, 2.75) is 26.1 Å². The maximum absolute atomic E-state index is 9.36. The molecule has 1 aromatic heterocycles. The van der Waals surface area contributed by atoms with Gasteiger partial charge in [-0.2, -0.15) is 5.10 Å². The van der Waals surface area contributed by atoms with Crippen molar-refractivity contribution >= 4 is 10.9 Å². The van der Waals surface area contributed by atoms with Crippen molar-refractivity contribution in [3.63, 3.8) is 0 Å². The first-order valence-corrected chi connectivity index (χ1v) is 5.13. The summed E-state index contributed by atoms with van der Waals surface area (Å²) in [5.41, 5.74) is 2.19. The Morgan fingerprint density at radius 1 is 1.53 bits per heavy atom. The lowest BCUT2D eigenvalue weighted by Gasteiger charge is -2.09. The van der Waals surface area contributed by atoms with Crippen LogP contribution in [0.4, 0.5) is 0 Å². The molecule has 15 heavy (non-hydrogen) atoms. The zero-order chi connectivity index (χ0) is 10.7. The van der Waals surface area contributed by atoms with E-state index in [1.54, 1.807) is 6.20 Å². The summed E-state index contributed by atoms with van der Waals surface area (Å²) >= 11 is 0. The molecule has 0 spiro atoms. The molecule has 0 aliphatic carbocycles. The number of H-pyrrole nitrogens is 1.